The first-order chi connectivity index (χ1) is 4.81. The lowest BCUT2D eigenvalue weighted by molar-refractivity contribution is 0.571. The predicted molar refractivity (Wildman–Crippen MR) is 48.0 cm³/mol. The second-order valence-electron chi connectivity index (χ2n) is 2.74. The molecule has 1 atom stereocenters. The monoisotopic (exact) mass is 138 g/mol. The molecule has 0 nitrogen and oxygen atoms in total. The third kappa shape index (κ3) is 5.61. The van der Waals surface area contributed by atoms with Crippen molar-refractivity contribution in [2.75, 3.05) is 0 Å². The van der Waals surface area contributed by atoms with E-state index in [0.29, 0.717) is 0 Å². The van der Waals surface area contributed by atoms with Crippen molar-refractivity contribution in [1.29, 1.82) is 0 Å². The molecule has 58 valence electrons. The van der Waals surface area contributed by atoms with Crippen molar-refractivity contribution in [3.05, 3.63) is 24.8 Å². The zero-order chi connectivity index (χ0) is 7.82. The van der Waals surface area contributed by atoms with Crippen LogP contribution in [0.3, 0.4) is 0 Å². The van der Waals surface area contributed by atoms with E-state index in [0.717, 1.165) is 12.3 Å². The Bertz CT molecular complexity index is 101. The van der Waals surface area contributed by atoms with Crippen LogP contribution < -0.4 is 0 Å². The van der Waals surface area contributed by atoms with Crippen molar-refractivity contribution in [3.8, 4) is 0 Å². The first kappa shape index (κ1) is 9.48. The lowest BCUT2D eigenvalue weighted by Gasteiger charge is -2.01. The maximum Gasteiger partial charge on any atom is -0.0172 e. The molecule has 0 aliphatic heterocycles. The first-order valence-corrected chi connectivity index (χ1v) is 4.07. The molecule has 0 aromatic rings. The van der Waals surface area contributed by atoms with Gasteiger partial charge in [0.15, 0.2) is 0 Å². The molecule has 0 saturated heterocycles. The van der Waals surface area contributed by atoms with Gasteiger partial charge < -0.3 is 0 Å². The minimum Gasteiger partial charge on any atom is -0.103 e. The molecule has 1 unspecified atom stereocenters. The molecule has 0 aromatic carbocycles. The number of hydrogen-bond acceptors (Lipinski definition) is 0. The van der Waals surface area contributed by atoms with Gasteiger partial charge in [0.25, 0.3) is 0 Å². The Morgan fingerprint density at radius 3 is 2.60 bits per heavy atom. The average Bonchev–Trinajstić information content (AvgIpc) is 1.98. The Balaban J connectivity index is 3.24. The fourth-order valence-electron chi connectivity index (χ4n) is 0.688. The quantitative estimate of drug-likeness (QED) is 0.510. The third-order valence-electron chi connectivity index (χ3n) is 1.70. The molecule has 0 amide bonds. The van der Waals surface area contributed by atoms with Gasteiger partial charge in [0.05, 0.1) is 0 Å². The summed E-state index contributed by atoms with van der Waals surface area (Å²) in [5.41, 5.74) is 0. The van der Waals surface area contributed by atoms with E-state index in [9.17, 15) is 0 Å². The van der Waals surface area contributed by atoms with Crippen LogP contribution in [0.25, 0.3) is 0 Å². The smallest absolute Gasteiger partial charge is 0.0172 e. The first-order valence-electron chi connectivity index (χ1n) is 4.07. The summed E-state index contributed by atoms with van der Waals surface area (Å²) < 4.78 is 0. The van der Waals surface area contributed by atoms with Crippen LogP contribution in [-0.4, -0.2) is 0 Å². The van der Waals surface area contributed by atoms with Crippen molar-refractivity contribution >= 4 is 0 Å². The van der Waals surface area contributed by atoms with Crippen LogP contribution in [0, 0.1) is 5.92 Å². The Morgan fingerprint density at radius 1 is 1.40 bits per heavy atom. The summed E-state index contributed by atoms with van der Waals surface area (Å²) in [6.07, 6.45) is 9.85. The summed E-state index contributed by atoms with van der Waals surface area (Å²) in [6.45, 7) is 8.15. The van der Waals surface area contributed by atoms with Crippen LogP contribution in [0.5, 0.6) is 0 Å². The largest absolute Gasteiger partial charge is 0.103 e. The molecule has 0 aliphatic rings. The zero-order valence-corrected chi connectivity index (χ0v) is 7.14. The van der Waals surface area contributed by atoms with E-state index in [1.807, 2.05) is 6.08 Å². The Morgan fingerprint density at radius 2 is 2.10 bits per heavy atom. The molecule has 0 aliphatic carbocycles. The minimum absolute atomic E-state index is 0.834. The Labute approximate surface area is 64.6 Å². The molecule has 0 heterocycles. The molecule has 0 heteroatoms. The van der Waals surface area contributed by atoms with E-state index in [4.69, 9.17) is 0 Å². The molecule has 0 rings (SSSR count). The number of hydrogen-bond donors (Lipinski definition) is 0. The summed E-state index contributed by atoms with van der Waals surface area (Å²) in [4.78, 5) is 0. The predicted octanol–water partition coefficient (Wildman–Crippen LogP) is 3.55. The highest BCUT2D eigenvalue weighted by atomic mass is 14.0. The highest BCUT2D eigenvalue weighted by Gasteiger charge is 1.91. The summed E-state index contributed by atoms with van der Waals surface area (Å²) in [6, 6.07) is 0. The maximum atomic E-state index is 3.65. The Kier molecular flexibility index (Phi) is 6.25. The maximum absolute atomic E-state index is 3.65. The normalized spacial score (nSPS) is 13.8. The van der Waals surface area contributed by atoms with Gasteiger partial charge in [-0.2, -0.15) is 0 Å². The second-order valence-corrected chi connectivity index (χ2v) is 2.74. The fraction of sp³-hybridized carbons (Fsp3) is 0.600. The average molecular weight is 138 g/mol. The van der Waals surface area contributed by atoms with Crippen LogP contribution in [0.15, 0.2) is 24.8 Å². The molecule has 0 aromatic heterocycles. The highest BCUT2D eigenvalue weighted by Crippen LogP contribution is 2.06. The SMILES string of the molecule is C=CCC=CCC(C)CC. The molecule has 10 heavy (non-hydrogen) atoms. The van der Waals surface area contributed by atoms with E-state index >= 15 is 0 Å². The van der Waals surface area contributed by atoms with Crippen LogP contribution in [0.1, 0.15) is 33.1 Å². The topological polar surface area (TPSA) is 0 Å². The van der Waals surface area contributed by atoms with Gasteiger partial charge in [0, 0.05) is 0 Å². The van der Waals surface area contributed by atoms with Gasteiger partial charge in [-0.05, 0) is 18.8 Å². The van der Waals surface area contributed by atoms with Gasteiger partial charge >= 0.3 is 0 Å². The molecular formula is C10H18. The zero-order valence-electron chi connectivity index (χ0n) is 7.14. The Hall–Kier alpha value is -0.520. The molecule has 0 saturated carbocycles. The van der Waals surface area contributed by atoms with Gasteiger partial charge in [0.2, 0.25) is 0 Å². The standard InChI is InChI=1S/C10H18/c1-4-6-7-8-9-10(3)5-2/h4,7-8,10H,1,5-6,9H2,2-3H3. The summed E-state index contributed by atoms with van der Waals surface area (Å²) >= 11 is 0. The number of rotatable bonds is 5. The highest BCUT2D eigenvalue weighted by molar-refractivity contribution is 4.88. The lowest BCUT2D eigenvalue weighted by Crippen LogP contribution is -1.87. The van der Waals surface area contributed by atoms with Crippen molar-refractivity contribution in [1.82, 2.24) is 0 Å². The van der Waals surface area contributed by atoms with Crippen LogP contribution >= 0.6 is 0 Å². The van der Waals surface area contributed by atoms with Crippen molar-refractivity contribution in [2.24, 2.45) is 5.92 Å². The van der Waals surface area contributed by atoms with Gasteiger partial charge in [-0.3, -0.25) is 0 Å². The fourth-order valence-corrected chi connectivity index (χ4v) is 0.688. The van der Waals surface area contributed by atoms with E-state index in [2.05, 4.69) is 32.6 Å². The van der Waals surface area contributed by atoms with Gasteiger partial charge in [0.1, 0.15) is 0 Å². The van der Waals surface area contributed by atoms with Gasteiger partial charge in [-0.1, -0.05) is 38.5 Å². The van der Waals surface area contributed by atoms with Gasteiger partial charge in [-0.25, -0.2) is 0 Å². The van der Waals surface area contributed by atoms with E-state index < -0.39 is 0 Å². The van der Waals surface area contributed by atoms with Crippen LogP contribution in [0.2, 0.25) is 0 Å². The third-order valence-corrected chi connectivity index (χ3v) is 1.70. The summed E-state index contributed by atoms with van der Waals surface area (Å²) in [7, 11) is 0. The van der Waals surface area contributed by atoms with Crippen molar-refractivity contribution in [3.63, 3.8) is 0 Å². The van der Waals surface area contributed by atoms with Crippen molar-refractivity contribution < 1.29 is 0 Å². The second kappa shape index (κ2) is 6.60. The molecule has 0 N–H and O–H groups in total. The molecule has 0 radical (unpaired) electrons. The summed E-state index contributed by atoms with van der Waals surface area (Å²) in [5, 5.41) is 0. The molecular weight excluding hydrogens is 120 g/mol. The molecule has 0 bridgehead atoms. The lowest BCUT2D eigenvalue weighted by atomic mass is 10.1. The van der Waals surface area contributed by atoms with E-state index in [1.165, 1.54) is 12.8 Å². The van der Waals surface area contributed by atoms with E-state index in [-0.39, 0.29) is 0 Å². The summed E-state index contributed by atoms with van der Waals surface area (Å²) in [5.74, 6) is 0.834. The number of allylic oxidation sites excluding steroid dienone is 3. The van der Waals surface area contributed by atoms with Crippen LogP contribution in [0.4, 0.5) is 0 Å². The minimum atomic E-state index is 0.834. The van der Waals surface area contributed by atoms with Crippen LogP contribution in [-0.2, 0) is 0 Å². The van der Waals surface area contributed by atoms with Gasteiger partial charge in [-0.15, -0.1) is 6.58 Å². The van der Waals surface area contributed by atoms with Crippen molar-refractivity contribution in [2.45, 2.75) is 33.1 Å². The molecule has 0 spiro atoms. The molecule has 0 fully saturated rings. The van der Waals surface area contributed by atoms with E-state index in [1.54, 1.807) is 0 Å².